The molecule has 0 aliphatic heterocycles. The van der Waals surface area contributed by atoms with E-state index in [4.69, 9.17) is 10.8 Å². The summed E-state index contributed by atoms with van der Waals surface area (Å²) < 4.78 is 6.47. The molecule has 16 heteroatoms. The molecule has 0 bridgehead atoms. The van der Waals surface area contributed by atoms with Crippen molar-refractivity contribution in [2.75, 3.05) is 4.90 Å². The summed E-state index contributed by atoms with van der Waals surface area (Å²) >= 11 is 0. The fourth-order valence-corrected chi connectivity index (χ4v) is 13.3. The SMILES string of the molecule is BC(=C)/C(B)=C(/B)C(B)C1(C/C(B)=C(B)\C(B)=C(\B)C#C)c2cc(N(c3cccc(-c4cccc5oc6ccccc6c45)c3)c3ccc4c(c3)C(C)(C)c3ccccc3-4)c(B)c(B)c2-c2c(B)c(B)c(B)c(B)c21. The molecule has 0 saturated heterocycles. The normalized spacial score (nSPS) is 16.5. The third-order valence-electron chi connectivity index (χ3n) is 18.8. The highest BCUT2D eigenvalue weighted by molar-refractivity contribution is 6.65. The lowest BCUT2D eigenvalue weighted by atomic mass is 9.47. The Balaban J connectivity index is 1.32. The number of furan rings is 1. The fraction of sp³-hybridized carbons (Fsp3) is 0.103. The van der Waals surface area contributed by atoms with Crippen LogP contribution in [0.5, 0.6) is 0 Å². The van der Waals surface area contributed by atoms with Gasteiger partial charge in [0.1, 0.15) is 121 Å². The van der Waals surface area contributed by atoms with E-state index in [0.717, 1.165) is 61.8 Å². The van der Waals surface area contributed by atoms with Crippen LogP contribution in [-0.4, -0.2) is 110 Å². The number of hydrogen-bond donors (Lipinski definition) is 0. The average Bonchev–Trinajstić information content (AvgIpc) is 4.01. The standard InChI is InChI=1S/C58H59B14NO/c1-5-37(60)47(63)48(64)38(61)25-58(56(72)55(71)46(62)26(2)59)36-24-39(49(65)50(66)43(36)44-45(58)52(68)54(70)53(69)51(44)67)73(29-20-21-32-31-14-6-8-17-34(31)57(3,4)35(32)23-29)28-13-10-12-27(22-28)30-16-11-19-41-42(30)33-15-7-9-18-40(33)74-41/h1,6-24,56H,2,25,59-72H2,3-4H3/b47-37-,48-38-,55-46-. The first-order valence-electron chi connectivity index (χ1n) is 26.6. The van der Waals surface area contributed by atoms with Gasteiger partial charge in [-0.25, -0.2) is 0 Å². The van der Waals surface area contributed by atoms with Crippen LogP contribution in [0.25, 0.3) is 55.3 Å². The van der Waals surface area contributed by atoms with E-state index in [2.05, 4.69) is 256 Å². The number of anilines is 3. The lowest BCUT2D eigenvalue weighted by Gasteiger charge is -2.43. The van der Waals surface area contributed by atoms with Crippen molar-refractivity contribution in [2.45, 2.75) is 36.9 Å². The van der Waals surface area contributed by atoms with Gasteiger partial charge in [0.2, 0.25) is 0 Å². The Labute approximate surface area is 453 Å². The molecule has 2 nitrogen and oxygen atoms in total. The van der Waals surface area contributed by atoms with Crippen molar-refractivity contribution < 1.29 is 4.42 Å². The topological polar surface area (TPSA) is 16.4 Å². The first-order chi connectivity index (χ1) is 35.2. The van der Waals surface area contributed by atoms with E-state index in [-0.39, 0.29) is 11.2 Å². The van der Waals surface area contributed by atoms with Gasteiger partial charge in [-0.15, -0.1) is 51.3 Å². The third-order valence-corrected chi connectivity index (χ3v) is 18.8. The second-order valence-corrected chi connectivity index (χ2v) is 22.6. The zero-order valence-electron chi connectivity index (χ0n) is 46.9. The molecular formula is C58H59B14NO. The molecule has 1 heterocycles. The van der Waals surface area contributed by atoms with E-state index in [0.29, 0.717) is 0 Å². The second kappa shape index (κ2) is 18.7. The summed E-state index contributed by atoms with van der Waals surface area (Å²) in [6.07, 6.45) is 6.94. The van der Waals surface area contributed by atoms with Crippen molar-refractivity contribution in [2.24, 2.45) is 0 Å². The smallest absolute Gasteiger partial charge is 0.149 e. The zero-order chi connectivity index (χ0) is 53.0. The Morgan fingerprint density at radius 3 is 1.96 bits per heavy atom. The van der Waals surface area contributed by atoms with E-state index in [1.165, 1.54) is 110 Å². The summed E-state index contributed by atoms with van der Waals surface area (Å²) in [5, 5.41) is 2.26. The van der Waals surface area contributed by atoms with E-state index >= 15 is 0 Å². The van der Waals surface area contributed by atoms with E-state index in [9.17, 15) is 0 Å². The van der Waals surface area contributed by atoms with Crippen LogP contribution in [0, 0.1) is 12.3 Å². The fourth-order valence-electron chi connectivity index (χ4n) is 13.3. The highest BCUT2D eigenvalue weighted by Gasteiger charge is 2.50. The number of fused-ring (bicyclic) bond motifs is 9. The van der Waals surface area contributed by atoms with Crippen molar-refractivity contribution >= 4 is 182 Å². The Hall–Kier alpha value is -6.43. The molecule has 10 rings (SSSR count). The number of para-hydroxylation sites is 1. The molecule has 2 aliphatic carbocycles. The summed E-state index contributed by atoms with van der Waals surface area (Å²) in [4.78, 5) is 2.58. The number of hydrogen-bond acceptors (Lipinski definition) is 2. The van der Waals surface area contributed by atoms with Crippen molar-refractivity contribution in [3.05, 3.63) is 182 Å². The molecule has 2 aliphatic rings. The largest absolute Gasteiger partial charge is 0.456 e. The van der Waals surface area contributed by atoms with Gasteiger partial charge in [-0.05, 0) is 116 Å². The molecule has 2 unspecified atom stereocenters. The van der Waals surface area contributed by atoms with Crippen LogP contribution in [-0.2, 0) is 10.8 Å². The zero-order valence-corrected chi connectivity index (χ0v) is 46.9. The van der Waals surface area contributed by atoms with Crippen LogP contribution >= 0.6 is 0 Å². The molecule has 0 fully saturated rings. The molecule has 0 amide bonds. The van der Waals surface area contributed by atoms with Crippen LogP contribution in [0.3, 0.4) is 0 Å². The van der Waals surface area contributed by atoms with Crippen LogP contribution in [0.4, 0.5) is 17.1 Å². The Bertz CT molecular complexity index is 3910. The first kappa shape index (κ1) is 51.1. The predicted octanol–water partition coefficient (Wildman–Crippen LogP) is -3.13. The van der Waals surface area contributed by atoms with Crippen LogP contribution in [0.15, 0.2) is 165 Å². The first-order valence-corrected chi connectivity index (χ1v) is 26.6. The van der Waals surface area contributed by atoms with Gasteiger partial charge in [0.05, 0.1) is 0 Å². The minimum atomic E-state index is -0.464. The van der Waals surface area contributed by atoms with Gasteiger partial charge in [0.25, 0.3) is 0 Å². The molecule has 344 valence electrons. The Morgan fingerprint density at radius 2 is 1.23 bits per heavy atom. The molecule has 0 radical (unpaired) electrons. The Morgan fingerprint density at radius 1 is 0.608 bits per heavy atom. The third kappa shape index (κ3) is 7.61. The monoisotopic (exact) mass is 940 g/mol. The van der Waals surface area contributed by atoms with Crippen molar-refractivity contribution in [3.63, 3.8) is 0 Å². The van der Waals surface area contributed by atoms with Gasteiger partial charge in [0.15, 0.2) is 0 Å². The van der Waals surface area contributed by atoms with Crippen LogP contribution in [0.2, 0.25) is 5.82 Å². The lowest BCUT2D eigenvalue weighted by molar-refractivity contribution is 0.535. The average molecular weight is 937 g/mol. The maximum absolute atomic E-state index is 6.47. The van der Waals surface area contributed by atoms with Gasteiger partial charge in [-0.3, -0.25) is 0 Å². The molecular weight excluding hydrogens is 878 g/mol. The number of terminal acetylenes is 1. The summed E-state index contributed by atoms with van der Waals surface area (Å²) in [5.41, 5.74) is 34.4. The molecule has 0 N–H and O–H groups in total. The summed E-state index contributed by atoms with van der Waals surface area (Å²) in [6, 6.07) is 42.9. The molecule has 1 aromatic heterocycles. The number of nitrogens with zero attached hydrogens (tertiary/aromatic N) is 1. The van der Waals surface area contributed by atoms with E-state index < -0.39 is 5.41 Å². The van der Waals surface area contributed by atoms with Gasteiger partial charge in [-0.2, -0.15) is 0 Å². The molecule has 8 aromatic rings. The quantitative estimate of drug-likeness (QED) is 0.0822. The molecule has 7 aromatic carbocycles. The van der Waals surface area contributed by atoms with Gasteiger partial charge >= 0.3 is 0 Å². The summed E-state index contributed by atoms with van der Waals surface area (Å²) in [5.74, 6) is 3.07. The van der Waals surface area contributed by atoms with Crippen molar-refractivity contribution in [1.29, 1.82) is 0 Å². The number of rotatable bonds is 10. The van der Waals surface area contributed by atoms with Crippen LogP contribution < -0.4 is 37.7 Å². The Kier molecular flexibility index (Phi) is 12.9. The summed E-state index contributed by atoms with van der Waals surface area (Å²) in [6.45, 7) is 9.30. The molecule has 2 atom stereocenters. The lowest BCUT2D eigenvalue weighted by Crippen LogP contribution is -2.52. The highest BCUT2D eigenvalue weighted by Crippen LogP contribution is 2.58. The van der Waals surface area contributed by atoms with Gasteiger partial charge in [0, 0.05) is 38.7 Å². The van der Waals surface area contributed by atoms with E-state index in [1.54, 1.807) is 0 Å². The van der Waals surface area contributed by atoms with Crippen molar-refractivity contribution in [3.8, 4) is 45.7 Å². The molecule has 74 heavy (non-hydrogen) atoms. The molecule has 0 saturated carbocycles. The highest BCUT2D eigenvalue weighted by atomic mass is 16.3. The minimum absolute atomic E-state index is 0.0940. The maximum atomic E-state index is 6.47. The number of allylic oxidation sites excluding steroid dienone is 7. The summed E-state index contributed by atoms with van der Waals surface area (Å²) in [7, 11) is 32.4. The minimum Gasteiger partial charge on any atom is -0.456 e. The molecule has 0 spiro atoms. The second-order valence-electron chi connectivity index (χ2n) is 22.6. The van der Waals surface area contributed by atoms with Gasteiger partial charge < -0.3 is 9.32 Å². The van der Waals surface area contributed by atoms with Gasteiger partial charge in [-0.1, -0.05) is 120 Å². The number of benzene rings is 7. The van der Waals surface area contributed by atoms with Crippen LogP contribution in [0.1, 0.15) is 42.5 Å². The van der Waals surface area contributed by atoms with Crippen molar-refractivity contribution in [1.82, 2.24) is 0 Å². The maximum Gasteiger partial charge on any atom is 0.149 e. The van der Waals surface area contributed by atoms with E-state index in [1.807, 2.05) is 0 Å². The predicted molar refractivity (Wildman–Crippen MR) is 362 cm³/mol.